The number of fused-ring (bicyclic) bond motifs is 1. The lowest BCUT2D eigenvalue weighted by Gasteiger charge is -2.24. The van der Waals surface area contributed by atoms with Crippen LogP contribution in [-0.2, 0) is 11.2 Å². The smallest absolute Gasteiger partial charge is 0.233 e. The average molecular weight is 386 g/mol. The lowest BCUT2D eigenvalue weighted by atomic mass is 10.1. The Morgan fingerprint density at radius 2 is 1.81 bits per heavy atom. The fourth-order valence-corrected chi connectivity index (χ4v) is 4.01. The molecule has 0 N–H and O–H groups in total. The number of halogens is 1. The second kappa shape index (κ2) is 9.06. The molecule has 1 amide bonds. The normalized spacial score (nSPS) is 11.3. The number of hydrogen-bond donors (Lipinski definition) is 0. The van der Waals surface area contributed by atoms with Gasteiger partial charge >= 0.3 is 0 Å². The van der Waals surface area contributed by atoms with Gasteiger partial charge in [0.1, 0.15) is 5.82 Å². The van der Waals surface area contributed by atoms with Crippen LogP contribution in [0.1, 0.15) is 19.4 Å². The number of aromatic nitrogens is 1. The van der Waals surface area contributed by atoms with Crippen molar-refractivity contribution in [2.45, 2.75) is 20.3 Å². The van der Waals surface area contributed by atoms with Gasteiger partial charge in [-0.2, -0.15) is 0 Å². The zero-order valence-corrected chi connectivity index (χ0v) is 16.5. The van der Waals surface area contributed by atoms with Crippen LogP contribution in [-0.4, -0.2) is 42.0 Å². The number of rotatable bonds is 8. The van der Waals surface area contributed by atoms with Crippen molar-refractivity contribution < 1.29 is 9.18 Å². The number of amides is 1. The Morgan fingerprint density at radius 1 is 1.07 bits per heavy atom. The van der Waals surface area contributed by atoms with E-state index >= 15 is 0 Å². The summed E-state index contributed by atoms with van der Waals surface area (Å²) in [5.41, 5.74) is 1.69. The number of carbonyl (C=O) groups excluding carboxylic acids is 1. The zero-order chi connectivity index (χ0) is 19.2. The molecule has 3 rings (SSSR count). The maximum Gasteiger partial charge on any atom is 0.233 e. The number of carbonyl (C=O) groups is 1. The number of nitrogens with zero attached hydrogens (tertiary/aromatic N) is 3. The lowest BCUT2D eigenvalue weighted by Crippen LogP contribution is -2.39. The molecule has 0 fully saturated rings. The topological polar surface area (TPSA) is 36.4 Å². The van der Waals surface area contributed by atoms with E-state index in [0.717, 1.165) is 35.4 Å². The summed E-state index contributed by atoms with van der Waals surface area (Å²) < 4.78 is 14.3. The molecule has 4 nitrogen and oxygen atoms in total. The zero-order valence-electron chi connectivity index (χ0n) is 15.7. The molecule has 0 aliphatic rings. The predicted molar refractivity (Wildman–Crippen MR) is 110 cm³/mol. The molecule has 0 atom stereocenters. The SMILES string of the molecule is CCN(CC)CCN(C(=O)Cc1ccccc1)c1nc2ccc(F)cc2s1. The van der Waals surface area contributed by atoms with Gasteiger partial charge in [0.05, 0.1) is 16.6 Å². The molecule has 0 bridgehead atoms. The maximum atomic E-state index is 13.5. The Hall–Kier alpha value is -2.31. The van der Waals surface area contributed by atoms with Gasteiger partial charge in [0.25, 0.3) is 0 Å². The highest BCUT2D eigenvalue weighted by Gasteiger charge is 2.20. The van der Waals surface area contributed by atoms with E-state index in [-0.39, 0.29) is 11.7 Å². The second-order valence-electron chi connectivity index (χ2n) is 6.34. The van der Waals surface area contributed by atoms with Gasteiger partial charge in [0, 0.05) is 13.1 Å². The third-order valence-electron chi connectivity index (χ3n) is 4.60. The minimum Gasteiger partial charge on any atom is -0.302 e. The first-order chi connectivity index (χ1) is 13.1. The summed E-state index contributed by atoms with van der Waals surface area (Å²) >= 11 is 1.36. The summed E-state index contributed by atoms with van der Waals surface area (Å²) in [6, 6.07) is 14.2. The third-order valence-corrected chi connectivity index (χ3v) is 5.64. The largest absolute Gasteiger partial charge is 0.302 e. The molecule has 1 heterocycles. The quantitative estimate of drug-likeness (QED) is 0.578. The molecule has 0 saturated carbocycles. The fraction of sp³-hybridized carbons (Fsp3) is 0.333. The van der Waals surface area contributed by atoms with Crippen molar-refractivity contribution >= 4 is 32.6 Å². The van der Waals surface area contributed by atoms with Gasteiger partial charge in [0.2, 0.25) is 5.91 Å². The molecule has 0 unspecified atom stereocenters. The Bertz CT molecular complexity index is 893. The van der Waals surface area contributed by atoms with E-state index in [2.05, 4.69) is 23.7 Å². The van der Waals surface area contributed by atoms with Crippen molar-refractivity contribution in [2.24, 2.45) is 0 Å². The van der Waals surface area contributed by atoms with Crippen molar-refractivity contribution in [1.29, 1.82) is 0 Å². The van der Waals surface area contributed by atoms with Gasteiger partial charge in [-0.1, -0.05) is 55.5 Å². The Labute approximate surface area is 163 Å². The Morgan fingerprint density at radius 3 is 2.52 bits per heavy atom. The highest BCUT2D eigenvalue weighted by Crippen LogP contribution is 2.29. The molecule has 27 heavy (non-hydrogen) atoms. The highest BCUT2D eigenvalue weighted by atomic mass is 32.1. The van der Waals surface area contributed by atoms with E-state index in [1.807, 2.05) is 30.3 Å². The van der Waals surface area contributed by atoms with E-state index in [4.69, 9.17) is 0 Å². The molecular weight excluding hydrogens is 361 g/mol. The molecule has 0 aliphatic carbocycles. The summed E-state index contributed by atoms with van der Waals surface area (Å²) in [7, 11) is 0. The summed E-state index contributed by atoms with van der Waals surface area (Å²) in [5, 5.41) is 0.628. The summed E-state index contributed by atoms with van der Waals surface area (Å²) in [6.07, 6.45) is 0.323. The van der Waals surface area contributed by atoms with Gasteiger partial charge < -0.3 is 4.90 Å². The molecule has 6 heteroatoms. The van der Waals surface area contributed by atoms with Crippen LogP contribution in [0.4, 0.5) is 9.52 Å². The predicted octanol–water partition coefficient (Wildman–Crippen LogP) is 4.35. The number of anilines is 1. The summed E-state index contributed by atoms with van der Waals surface area (Å²) in [4.78, 5) is 21.6. The first kappa shape index (κ1) is 19.5. The van der Waals surface area contributed by atoms with Gasteiger partial charge in [-0.25, -0.2) is 9.37 Å². The van der Waals surface area contributed by atoms with Gasteiger partial charge in [-0.05, 0) is 36.9 Å². The van der Waals surface area contributed by atoms with Gasteiger partial charge in [0.15, 0.2) is 5.13 Å². The molecule has 0 aliphatic heterocycles. The standard InChI is InChI=1S/C21H24FN3OS/c1-3-24(4-2)12-13-25(20(26)14-16-8-6-5-7-9-16)21-23-18-11-10-17(22)15-19(18)27-21/h5-11,15H,3-4,12-14H2,1-2H3. The molecule has 142 valence electrons. The Kier molecular flexibility index (Phi) is 6.53. The minimum absolute atomic E-state index is 0.00730. The first-order valence-corrected chi connectivity index (χ1v) is 10.0. The Balaban J connectivity index is 1.86. The van der Waals surface area contributed by atoms with Crippen LogP contribution in [0.2, 0.25) is 0 Å². The van der Waals surface area contributed by atoms with Crippen molar-refractivity contribution in [3.63, 3.8) is 0 Å². The molecule has 3 aromatic rings. The third kappa shape index (κ3) is 4.90. The van der Waals surface area contributed by atoms with Crippen molar-refractivity contribution in [3.05, 3.63) is 59.9 Å². The van der Waals surface area contributed by atoms with E-state index in [1.165, 1.54) is 23.5 Å². The van der Waals surface area contributed by atoms with Crippen LogP contribution in [0.5, 0.6) is 0 Å². The van der Waals surface area contributed by atoms with Crippen LogP contribution in [0.3, 0.4) is 0 Å². The van der Waals surface area contributed by atoms with E-state index in [1.54, 1.807) is 11.0 Å². The maximum absolute atomic E-state index is 13.5. The minimum atomic E-state index is -0.289. The lowest BCUT2D eigenvalue weighted by molar-refractivity contribution is -0.118. The van der Waals surface area contributed by atoms with Crippen LogP contribution in [0, 0.1) is 5.82 Å². The molecule has 0 radical (unpaired) electrons. The number of likely N-dealkylation sites (N-methyl/N-ethyl adjacent to an activating group) is 1. The summed E-state index contributed by atoms with van der Waals surface area (Å²) in [5.74, 6) is -0.282. The molecule has 1 aromatic heterocycles. The van der Waals surface area contributed by atoms with Gasteiger partial charge in [-0.3, -0.25) is 9.69 Å². The monoisotopic (exact) mass is 385 g/mol. The van der Waals surface area contributed by atoms with Crippen LogP contribution < -0.4 is 4.90 Å². The highest BCUT2D eigenvalue weighted by molar-refractivity contribution is 7.22. The number of benzene rings is 2. The molecular formula is C21H24FN3OS. The van der Waals surface area contributed by atoms with Crippen molar-refractivity contribution in [1.82, 2.24) is 9.88 Å². The van der Waals surface area contributed by atoms with Crippen molar-refractivity contribution in [2.75, 3.05) is 31.1 Å². The first-order valence-electron chi connectivity index (χ1n) is 9.23. The van der Waals surface area contributed by atoms with Crippen LogP contribution in [0.15, 0.2) is 48.5 Å². The fourth-order valence-electron chi connectivity index (χ4n) is 2.98. The molecule has 0 spiro atoms. The van der Waals surface area contributed by atoms with Crippen LogP contribution >= 0.6 is 11.3 Å². The van der Waals surface area contributed by atoms with Crippen LogP contribution in [0.25, 0.3) is 10.2 Å². The van der Waals surface area contributed by atoms with E-state index in [0.29, 0.717) is 18.1 Å². The van der Waals surface area contributed by atoms with E-state index < -0.39 is 0 Å². The van der Waals surface area contributed by atoms with Crippen molar-refractivity contribution in [3.8, 4) is 0 Å². The second-order valence-corrected chi connectivity index (χ2v) is 7.35. The number of hydrogen-bond acceptors (Lipinski definition) is 4. The average Bonchev–Trinajstić information content (AvgIpc) is 3.08. The molecule has 0 saturated heterocycles. The molecule has 2 aromatic carbocycles. The number of thiazole rings is 1. The van der Waals surface area contributed by atoms with E-state index in [9.17, 15) is 9.18 Å². The van der Waals surface area contributed by atoms with Gasteiger partial charge in [-0.15, -0.1) is 0 Å². The summed E-state index contributed by atoms with van der Waals surface area (Å²) in [6.45, 7) is 7.43.